The summed E-state index contributed by atoms with van der Waals surface area (Å²) in [6, 6.07) is 14.6. The van der Waals surface area contributed by atoms with Crippen molar-refractivity contribution in [2.45, 2.75) is 63.5 Å². The molecule has 0 N–H and O–H groups in total. The molecule has 0 aliphatic heterocycles. The maximum atomic E-state index is 13.6. The van der Waals surface area contributed by atoms with Crippen molar-refractivity contribution < 1.29 is 14.3 Å². The number of benzene rings is 1. The van der Waals surface area contributed by atoms with Crippen LogP contribution < -0.4 is 0 Å². The fraction of sp³-hybridized carbons (Fsp3) is 0.538. The van der Waals surface area contributed by atoms with Crippen LogP contribution in [-0.4, -0.2) is 64.4 Å². The maximum Gasteiger partial charge on any atom is 0.242 e. The average molecular weight is 474 g/mol. The van der Waals surface area contributed by atoms with E-state index in [1.165, 1.54) is 16.9 Å². The first kappa shape index (κ1) is 25.3. The second-order valence-corrected chi connectivity index (χ2v) is 9.45. The van der Waals surface area contributed by atoms with E-state index in [-0.39, 0.29) is 24.4 Å². The second kappa shape index (κ2) is 12.8. The zero-order chi connectivity index (χ0) is 23.6. The average Bonchev–Trinajstić information content (AvgIpc) is 3.27. The number of methoxy groups -OCH3 is 1. The maximum absolute atomic E-state index is 13.6. The van der Waals surface area contributed by atoms with Gasteiger partial charge in [0.1, 0.15) is 5.38 Å². The highest BCUT2D eigenvalue weighted by Crippen LogP contribution is 2.25. The van der Waals surface area contributed by atoms with Crippen LogP contribution in [0.5, 0.6) is 0 Å². The van der Waals surface area contributed by atoms with E-state index in [2.05, 4.69) is 29.0 Å². The molecule has 7 heteroatoms. The quantitative estimate of drug-likeness (QED) is 0.457. The molecule has 1 atom stereocenters. The Morgan fingerprint density at radius 1 is 1.12 bits per heavy atom. The molecule has 0 radical (unpaired) electrons. The number of carbonyl (C=O) groups excluding carboxylic acids is 2. The third kappa shape index (κ3) is 7.34. The van der Waals surface area contributed by atoms with Gasteiger partial charge in [0.05, 0.1) is 19.7 Å². The number of aromatic nitrogens is 1. The predicted octanol–water partition coefficient (Wildman–Crippen LogP) is 4.30. The van der Waals surface area contributed by atoms with Crippen molar-refractivity contribution in [1.29, 1.82) is 0 Å². The molecule has 2 amide bonds. The highest BCUT2D eigenvalue weighted by molar-refractivity contribution is 6.30. The summed E-state index contributed by atoms with van der Waals surface area (Å²) in [4.78, 5) is 29.7. The van der Waals surface area contributed by atoms with Gasteiger partial charge in [0.2, 0.25) is 11.8 Å². The summed E-state index contributed by atoms with van der Waals surface area (Å²) in [5.41, 5.74) is 2.32. The Hall–Kier alpha value is -2.31. The van der Waals surface area contributed by atoms with Gasteiger partial charge in [0, 0.05) is 38.1 Å². The zero-order valence-corrected chi connectivity index (χ0v) is 20.5. The minimum absolute atomic E-state index is 0.0230. The SMILES string of the molecule is COCCN(CC(=O)N(Cc1cccn1Cc1ccccc1)C1CCCCC1)C(=O)C(C)Cl. The second-order valence-electron chi connectivity index (χ2n) is 8.80. The number of alkyl halides is 1. The molecule has 6 nitrogen and oxygen atoms in total. The minimum Gasteiger partial charge on any atom is -0.383 e. The van der Waals surface area contributed by atoms with Crippen molar-refractivity contribution in [3.8, 4) is 0 Å². The van der Waals surface area contributed by atoms with Gasteiger partial charge in [-0.15, -0.1) is 11.6 Å². The molecule has 1 fully saturated rings. The van der Waals surface area contributed by atoms with Gasteiger partial charge in [-0.2, -0.15) is 0 Å². The summed E-state index contributed by atoms with van der Waals surface area (Å²) >= 11 is 6.07. The third-order valence-corrected chi connectivity index (χ3v) is 6.52. The molecule has 2 aromatic rings. The van der Waals surface area contributed by atoms with Crippen LogP contribution in [0, 0.1) is 0 Å². The standard InChI is InChI=1S/C26H36ClN3O3/c1-21(27)26(32)29(16-17-33-2)20-25(31)30(23-12-7-4-8-13-23)19-24-14-9-15-28(24)18-22-10-5-3-6-11-22/h3,5-6,9-11,14-15,21,23H,4,7-8,12-13,16-20H2,1-2H3. The molecule has 1 aromatic heterocycles. The first-order chi connectivity index (χ1) is 16.0. The lowest BCUT2D eigenvalue weighted by Gasteiger charge is -2.36. The van der Waals surface area contributed by atoms with Gasteiger partial charge in [-0.25, -0.2) is 0 Å². The number of halogens is 1. The van der Waals surface area contributed by atoms with Crippen LogP contribution in [0.1, 0.15) is 50.3 Å². The molecule has 0 saturated heterocycles. The van der Waals surface area contributed by atoms with Gasteiger partial charge in [0.15, 0.2) is 0 Å². The lowest BCUT2D eigenvalue weighted by Crippen LogP contribution is -2.49. The first-order valence-corrected chi connectivity index (χ1v) is 12.3. The number of ether oxygens (including phenoxy) is 1. The topological polar surface area (TPSA) is 54.8 Å². The summed E-state index contributed by atoms with van der Waals surface area (Å²) in [7, 11) is 1.59. The number of rotatable bonds is 11. The molecule has 1 aliphatic rings. The van der Waals surface area contributed by atoms with Crippen molar-refractivity contribution >= 4 is 23.4 Å². The summed E-state index contributed by atoms with van der Waals surface area (Å²) in [6.07, 6.45) is 7.54. The Kier molecular flexibility index (Phi) is 9.82. The molecule has 1 heterocycles. The molecule has 1 aromatic carbocycles. The van der Waals surface area contributed by atoms with Gasteiger partial charge >= 0.3 is 0 Å². The van der Waals surface area contributed by atoms with E-state index in [9.17, 15) is 9.59 Å². The fourth-order valence-corrected chi connectivity index (χ4v) is 4.63. The number of hydrogen-bond acceptors (Lipinski definition) is 3. The normalized spacial score (nSPS) is 15.2. The molecule has 1 aliphatic carbocycles. The van der Waals surface area contributed by atoms with E-state index in [0.29, 0.717) is 19.7 Å². The Morgan fingerprint density at radius 2 is 1.85 bits per heavy atom. The Morgan fingerprint density at radius 3 is 2.52 bits per heavy atom. The van der Waals surface area contributed by atoms with Crippen molar-refractivity contribution in [3.05, 3.63) is 59.9 Å². The van der Waals surface area contributed by atoms with Gasteiger partial charge < -0.3 is 19.1 Å². The van der Waals surface area contributed by atoms with E-state index < -0.39 is 5.38 Å². The first-order valence-electron chi connectivity index (χ1n) is 11.9. The predicted molar refractivity (Wildman–Crippen MR) is 131 cm³/mol. The Labute approximate surface area is 202 Å². The van der Waals surface area contributed by atoms with Crippen LogP contribution >= 0.6 is 11.6 Å². The van der Waals surface area contributed by atoms with E-state index in [1.54, 1.807) is 14.0 Å². The van der Waals surface area contributed by atoms with Crippen LogP contribution in [-0.2, 0) is 27.4 Å². The van der Waals surface area contributed by atoms with Crippen LogP contribution in [0.25, 0.3) is 0 Å². The highest BCUT2D eigenvalue weighted by Gasteiger charge is 2.29. The lowest BCUT2D eigenvalue weighted by molar-refractivity contribution is -0.143. The Balaban J connectivity index is 1.78. The van der Waals surface area contributed by atoms with Gasteiger partial charge in [-0.05, 0) is 37.5 Å². The third-order valence-electron chi connectivity index (χ3n) is 6.33. The van der Waals surface area contributed by atoms with Gasteiger partial charge in [-0.1, -0.05) is 49.6 Å². The largest absolute Gasteiger partial charge is 0.383 e. The summed E-state index contributed by atoms with van der Waals surface area (Å²) in [6.45, 7) is 3.68. The van der Waals surface area contributed by atoms with Crippen molar-refractivity contribution in [2.75, 3.05) is 26.8 Å². The molecular weight excluding hydrogens is 438 g/mol. The van der Waals surface area contributed by atoms with Crippen LogP contribution in [0.4, 0.5) is 0 Å². The molecule has 0 bridgehead atoms. The minimum atomic E-state index is -0.680. The van der Waals surface area contributed by atoms with Crippen molar-refractivity contribution in [3.63, 3.8) is 0 Å². The molecule has 1 unspecified atom stereocenters. The van der Waals surface area contributed by atoms with Crippen LogP contribution in [0.2, 0.25) is 0 Å². The molecule has 33 heavy (non-hydrogen) atoms. The molecule has 3 rings (SSSR count). The summed E-state index contributed by atoms with van der Waals surface area (Å²) < 4.78 is 7.35. The number of carbonyl (C=O) groups is 2. The zero-order valence-electron chi connectivity index (χ0n) is 19.8. The Bertz CT molecular complexity index is 878. The summed E-state index contributed by atoms with van der Waals surface area (Å²) in [5.74, 6) is -0.269. The van der Waals surface area contributed by atoms with Crippen LogP contribution in [0.3, 0.4) is 0 Å². The van der Waals surface area contributed by atoms with E-state index >= 15 is 0 Å². The number of amides is 2. The van der Waals surface area contributed by atoms with E-state index in [1.807, 2.05) is 29.2 Å². The molecule has 0 spiro atoms. The van der Waals surface area contributed by atoms with Crippen LogP contribution in [0.15, 0.2) is 48.7 Å². The molecule has 180 valence electrons. The van der Waals surface area contributed by atoms with Gasteiger partial charge in [-0.3, -0.25) is 9.59 Å². The molecule has 1 saturated carbocycles. The summed E-state index contributed by atoms with van der Waals surface area (Å²) in [5, 5.41) is -0.680. The van der Waals surface area contributed by atoms with Crippen molar-refractivity contribution in [1.82, 2.24) is 14.4 Å². The number of nitrogens with zero attached hydrogens (tertiary/aromatic N) is 3. The lowest BCUT2D eigenvalue weighted by atomic mass is 9.94. The molecular formula is C26H36ClN3O3. The highest BCUT2D eigenvalue weighted by atomic mass is 35.5. The van der Waals surface area contributed by atoms with Crippen molar-refractivity contribution in [2.24, 2.45) is 0 Å². The van der Waals surface area contributed by atoms with E-state index in [4.69, 9.17) is 16.3 Å². The monoisotopic (exact) mass is 473 g/mol. The fourth-order valence-electron chi connectivity index (χ4n) is 4.49. The number of hydrogen-bond donors (Lipinski definition) is 0. The van der Waals surface area contributed by atoms with Gasteiger partial charge in [0.25, 0.3) is 0 Å². The van der Waals surface area contributed by atoms with E-state index in [0.717, 1.165) is 37.9 Å². The smallest absolute Gasteiger partial charge is 0.242 e.